The Morgan fingerprint density at radius 1 is 1.19 bits per heavy atom. The van der Waals surface area contributed by atoms with Crippen LogP contribution in [0.2, 0.25) is 0 Å². The van der Waals surface area contributed by atoms with Crippen molar-refractivity contribution in [3.63, 3.8) is 0 Å². The molecule has 1 aliphatic carbocycles. The molecular weight excluding hydrogens is 403 g/mol. The zero-order valence-corrected chi connectivity index (χ0v) is 18.6. The second kappa shape index (κ2) is 11.4. The summed E-state index contributed by atoms with van der Waals surface area (Å²) < 4.78 is 10.8. The van der Waals surface area contributed by atoms with E-state index in [0.29, 0.717) is 37.2 Å². The van der Waals surface area contributed by atoms with Gasteiger partial charge in [-0.05, 0) is 48.8 Å². The molecule has 0 aromatic heterocycles. The molecule has 2 rings (SSSR count). The Hall–Kier alpha value is -2.30. The first-order chi connectivity index (χ1) is 14.7. The average Bonchev–Trinajstić information content (AvgIpc) is 2.74. The number of aryl methyl sites for hydroxylation is 1. The molecule has 10 heteroatoms. The molecule has 0 saturated heterocycles. The summed E-state index contributed by atoms with van der Waals surface area (Å²) in [6.07, 6.45) is 2.03. The molecule has 0 bridgehead atoms. The third kappa shape index (κ3) is 6.59. The highest BCUT2D eigenvalue weighted by molar-refractivity contribution is 6.43. The molecule has 31 heavy (non-hydrogen) atoms. The predicted octanol–water partition coefficient (Wildman–Crippen LogP) is -0.171. The van der Waals surface area contributed by atoms with Gasteiger partial charge >= 0.3 is 7.12 Å². The van der Waals surface area contributed by atoms with Crippen LogP contribution in [-0.4, -0.2) is 66.9 Å². The lowest BCUT2D eigenvalue weighted by molar-refractivity contribution is -0.132. The molecule has 0 heterocycles. The van der Waals surface area contributed by atoms with E-state index in [1.165, 1.54) is 0 Å². The highest BCUT2D eigenvalue weighted by Crippen LogP contribution is 2.36. The summed E-state index contributed by atoms with van der Waals surface area (Å²) in [6, 6.07) is 2.53. The van der Waals surface area contributed by atoms with Crippen LogP contribution in [0.25, 0.3) is 0 Å². The van der Waals surface area contributed by atoms with Gasteiger partial charge in [-0.1, -0.05) is 13.8 Å². The molecule has 1 aliphatic rings. The maximum atomic E-state index is 12.8. The summed E-state index contributed by atoms with van der Waals surface area (Å²) in [5.74, 6) is -0.818. The standard InChI is InChI=1S/C21H33BN2O7/c1-12(2)7-19(22(28)29)24-21(27)17(11-25)23-20(26)14-6-5-13-8-15(30-3)10-18(31-4)16(13)9-14/h8,10,12,14,17,19,25,28-29H,5-7,9,11H2,1-4H3,(H,23,26)(H,24,27). The fraction of sp³-hybridized carbons (Fsp3) is 0.619. The molecule has 2 amide bonds. The van der Waals surface area contributed by atoms with Crippen molar-refractivity contribution < 1.29 is 34.2 Å². The molecule has 0 fully saturated rings. The van der Waals surface area contributed by atoms with Crippen molar-refractivity contribution >= 4 is 18.9 Å². The first-order valence-electron chi connectivity index (χ1n) is 10.5. The number of ether oxygens (including phenoxy) is 2. The second-order valence-corrected chi connectivity index (χ2v) is 8.31. The lowest BCUT2D eigenvalue weighted by Crippen LogP contribution is -2.56. The molecule has 3 unspecified atom stereocenters. The minimum atomic E-state index is -1.74. The average molecular weight is 436 g/mol. The number of nitrogens with one attached hydrogen (secondary N) is 2. The number of fused-ring (bicyclic) bond motifs is 1. The Morgan fingerprint density at radius 3 is 2.45 bits per heavy atom. The number of hydrogen-bond donors (Lipinski definition) is 5. The third-order valence-electron chi connectivity index (χ3n) is 5.54. The van der Waals surface area contributed by atoms with E-state index in [2.05, 4.69) is 10.6 Å². The van der Waals surface area contributed by atoms with Gasteiger partial charge in [0.1, 0.15) is 17.5 Å². The van der Waals surface area contributed by atoms with E-state index >= 15 is 0 Å². The van der Waals surface area contributed by atoms with Crippen molar-refractivity contribution in [2.24, 2.45) is 11.8 Å². The number of carbonyl (C=O) groups is 2. The van der Waals surface area contributed by atoms with Gasteiger partial charge in [0.15, 0.2) is 0 Å². The van der Waals surface area contributed by atoms with Crippen molar-refractivity contribution in [3.8, 4) is 11.5 Å². The van der Waals surface area contributed by atoms with Crippen molar-refractivity contribution in [1.82, 2.24) is 10.6 Å². The fourth-order valence-electron chi connectivity index (χ4n) is 3.86. The Bertz CT molecular complexity index is 755. The van der Waals surface area contributed by atoms with Crippen LogP contribution in [0.1, 0.15) is 37.8 Å². The zero-order valence-electron chi connectivity index (χ0n) is 18.6. The van der Waals surface area contributed by atoms with Gasteiger partial charge in [-0.25, -0.2) is 0 Å². The van der Waals surface area contributed by atoms with Crippen molar-refractivity contribution in [2.45, 2.75) is 51.5 Å². The van der Waals surface area contributed by atoms with Crippen LogP contribution in [0.15, 0.2) is 12.1 Å². The van der Waals surface area contributed by atoms with Gasteiger partial charge in [-0.2, -0.15) is 0 Å². The van der Waals surface area contributed by atoms with Gasteiger partial charge in [0, 0.05) is 12.0 Å². The normalized spacial score (nSPS) is 17.4. The Balaban J connectivity index is 2.05. The summed E-state index contributed by atoms with van der Waals surface area (Å²) in [4.78, 5) is 25.4. The van der Waals surface area contributed by atoms with Crippen LogP contribution in [0.4, 0.5) is 0 Å². The van der Waals surface area contributed by atoms with Gasteiger partial charge in [-0.3, -0.25) is 9.59 Å². The predicted molar refractivity (Wildman–Crippen MR) is 116 cm³/mol. The number of carbonyl (C=O) groups excluding carboxylic acids is 2. The molecule has 0 aliphatic heterocycles. The smallest absolute Gasteiger partial charge is 0.475 e. The fourth-order valence-corrected chi connectivity index (χ4v) is 3.86. The van der Waals surface area contributed by atoms with E-state index in [9.17, 15) is 24.7 Å². The summed E-state index contributed by atoms with van der Waals surface area (Å²) in [7, 11) is 1.41. The third-order valence-corrected chi connectivity index (χ3v) is 5.54. The highest BCUT2D eigenvalue weighted by Gasteiger charge is 2.32. The lowest BCUT2D eigenvalue weighted by Gasteiger charge is -2.28. The van der Waals surface area contributed by atoms with Crippen molar-refractivity contribution in [1.29, 1.82) is 0 Å². The minimum absolute atomic E-state index is 0.116. The van der Waals surface area contributed by atoms with E-state index in [1.54, 1.807) is 20.3 Å². The molecule has 3 atom stereocenters. The van der Waals surface area contributed by atoms with Gasteiger partial charge < -0.3 is 35.3 Å². The van der Waals surface area contributed by atoms with Crippen LogP contribution in [0, 0.1) is 11.8 Å². The Kier molecular flexibility index (Phi) is 9.15. The SMILES string of the molecule is COc1cc2c(c(OC)c1)CC(C(=O)NC(CO)C(=O)NC(CC(C)C)B(O)O)CC2. The first kappa shape index (κ1) is 25.0. The monoisotopic (exact) mass is 436 g/mol. The van der Waals surface area contributed by atoms with Crippen LogP contribution >= 0.6 is 0 Å². The Labute approximate surface area is 183 Å². The topological polar surface area (TPSA) is 137 Å². The molecule has 9 nitrogen and oxygen atoms in total. The van der Waals surface area contributed by atoms with Crippen molar-refractivity contribution in [2.75, 3.05) is 20.8 Å². The summed E-state index contributed by atoms with van der Waals surface area (Å²) in [6.45, 7) is 3.17. The number of rotatable bonds is 10. The number of hydrogen-bond acceptors (Lipinski definition) is 7. The maximum Gasteiger partial charge on any atom is 0.475 e. The number of methoxy groups -OCH3 is 2. The molecular formula is C21H33BN2O7. The van der Waals surface area contributed by atoms with Gasteiger partial charge in [0.05, 0.1) is 26.8 Å². The van der Waals surface area contributed by atoms with Crippen LogP contribution in [0.5, 0.6) is 11.5 Å². The molecule has 5 N–H and O–H groups in total. The van der Waals surface area contributed by atoms with Crippen molar-refractivity contribution in [3.05, 3.63) is 23.3 Å². The van der Waals surface area contributed by atoms with Crippen LogP contribution in [0.3, 0.4) is 0 Å². The summed E-state index contributed by atoms with van der Waals surface area (Å²) >= 11 is 0. The number of amides is 2. The van der Waals surface area contributed by atoms with E-state index < -0.39 is 31.6 Å². The van der Waals surface area contributed by atoms with E-state index in [4.69, 9.17) is 9.47 Å². The second-order valence-electron chi connectivity index (χ2n) is 8.31. The first-order valence-corrected chi connectivity index (χ1v) is 10.5. The Morgan fingerprint density at radius 2 is 1.90 bits per heavy atom. The van der Waals surface area contributed by atoms with E-state index in [0.717, 1.165) is 11.1 Å². The van der Waals surface area contributed by atoms with Gasteiger partial charge in [0.25, 0.3) is 0 Å². The quantitative estimate of drug-likeness (QED) is 0.321. The molecule has 172 valence electrons. The number of aliphatic hydroxyl groups is 1. The van der Waals surface area contributed by atoms with E-state index in [-0.39, 0.29) is 17.7 Å². The molecule has 0 saturated carbocycles. The summed E-state index contributed by atoms with van der Waals surface area (Å²) in [5, 5.41) is 33.7. The number of aliphatic hydroxyl groups excluding tert-OH is 1. The zero-order chi connectivity index (χ0) is 23.1. The molecule has 0 spiro atoms. The molecule has 0 radical (unpaired) electrons. The van der Waals surface area contributed by atoms with Gasteiger partial charge in [-0.15, -0.1) is 0 Å². The minimum Gasteiger partial charge on any atom is -0.497 e. The summed E-state index contributed by atoms with van der Waals surface area (Å²) in [5.41, 5.74) is 1.99. The van der Waals surface area contributed by atoms with E-state index in [1.807, 2.05) is 19.9 Å². The van der Waals surface area contributed by atoms with Crippen LogP contribution < -0.4 is 20.1 Å². The maximum absolute atomic E-state index is 12.8. The lowest BCUT2D eigenvalue weighted by atomic mass is 9.75. The largest absolute Gasteiger partial charge is 0.497 e. The molecule has 1 aromatic rings. The number of benzene rings is 1. The molecule has 1 aromatic carbocycles. The van der Waals surface area contributed by atoms with Crippen LogP contribution in [-0.2, 0) is 22.4 Å². The highest BCUT2D eigenvalue weighted by atomic mass is 16.5. The van der Waals surface area contributed by atoms with Gasteiger partial charge in [0.2, 0.25) is 11.8 Å².